The van der Waals surface area contributed by atoms with E-state index in [0.717, 1.165) is 52.4 Å². The highest BCUT2D eigenvalue weighted by molar-refractivity contribution is 7.91. The Hall–Kier alpha value is -3.82. The summed E-state index contributed by atoms with van der Waals surface area (Å²) in [7, 11) is -2.37. The maximum Gasteiger partial charge on any atom is 0.408 e. The molecular weight excluding hydrogens is 719 g/mol. The molecule has 5 atom stereocenters. The molecule has 53 heavy (non-hydrogen) atoms. The molecule has 0 spiro atoms. The van der Waals surface area contributed by atoms with Gasteiger partial charge in [0.25, 0.3) is 5.91 Å². The van der Waals surface area contributed by atoms with Crippen LogP contribution in [-0.4, -0.2) is 84.7 Å². The van der Waals surface area contributed by atoms with Gasteiger partial charge in [-0.05, 0) is 69.8 Å². The number of amides is 4. The molecule has 6 rings (SSSR count). The highest BCUT2D eigenvalue weighted by Crippen LogP contribution is 2.47. The van der Waals surface area contributed by atoms with Gasteiger partial charge in [0.05, 0.1) is 17.5 Å². The molecule has 0 unspecified atom stereocenters. The van der Waals surface area contributed by atoms with E-state index in [1.165, 1.54) is 18.1 Å². The van der Waals surface area contributed by atoms with Crippen LogP contribution in [0.15, 0.2) is 36.9 Å². The Bertz CT molecular complexity index is 1860. The lowest BCUT2D eigenvalue weighted by atomic mass is 9.85. The highest BCUT2D eigenvalue weighted by atomic mass is 32.2. The van der Waals surface area contributed by atoms with Crippen molar-refractivity contribution < 1.29 is 37.1 Å². The number of hydrogen-bond acceptors (Lipinski definition) is 10. The van der Waals surface area contributed by atoms with Crippen molar-refractivity contribution in [2.75, 3.05) is 13.7 Å². The monoisotopic (exact) mass is 769 g/mol. The number of ether oxygens (including phenoxy) is 2. The van der Waals surface area contributed by atoms with E-state index in [9.17, 15) is 27.6 Å². The summed E-state index contributed by atoms with van der Waals surface area (Å²) in [6.07, 6.45) is 5.15. The lowest BCUT2D eigenvalue weighted by Crippen LogP contribution is -2.60. The van der Waals surface area contributed by atoms with Crippen LogP contribution in [0.25, 0.3) is 10.6 Å². The summed E-state index contributed by atoms with van der Waals surface area (Å²) in [4.78, 5) is 63.1. The number of benzene rings is 1. The summed E-state index contributed by atoms with van der Waals surface area (Å²) in [6, 6.07) is 5.44. The molecule has 15 heteroatoms. The van der Waals surface area contributed by atoms with E-state index in [1.54, 1.807) is 11.3 Å². The lowest BCUT2D eigenvalue weighted by Gasteiger charge is -2.36. The minimum atomic E-state index is -3.90. The van der Waals surface area contributed by atoms with Gasteiger partial charge in [-0.25, -0.2) is 18.2 Å². The zero-order valence-corrected chi connectivity index (χ0v) is 33.0. The van der Waals surface area contributed by atoms with Gasteiger partial charge in [0.1, 0.15) is 34.3 Å². The number of alkyl carbamates (subject to hydrolysis) is 1. The predicted molar refractivity (Wildman–Crippen MR) is 200 cm³/mol. The third-order valence-corrected chi connectivity index (χ3v) is 14.1. The Kier molecular flexibility index (Phi) is 10.6. The van der Waals surface area contributed by atoms with Crippen LogP contribution in [0.5, 0.6) is 0 Å². The van der Waals surface area contributed by atoms with E-state index in [1.807, 2.05) is 58.9 Å². The van der Waals surface area contributed by atoms with Crippen molar-refractivity contribution in [2.45, 2.75) is 121 Å². The molecule has 3 N–H and O–H groups in total. The molecule has 1 aromatic heterocycles. The van der Waals surface area contributed by atoms with Gasteiger partial charge in [0, 0.05) is 29.9 Å². The van der Waals surface area contributed by atoms with Gasteiger partial charge in [0.2, 0.25) is 21.8 Å². The minimum Gasteiger partial charge on any atom is -0.446 e. The van der Waals surface area contributed by atoms with Crippen molar-refractivity contribution in [2.24, 2.45) is 11.3 Å². The van der Waals surface area contributed by atoms with Crippen molar-refractivity contribution in [1.29, 1.82) is 0 Å². The third-order valence-electron chi connectivity index (χ3n) is 11.2. The molecule has 0 bridgehead atoms. The van der Waals surface area contributed by atoms with Crippen LogP contribution >= 0.6 is 11.3 Å². The topological polar surface area (TPSA) is 173 Å². The van der Waals surface area contributed by atoms with E-state index in [2.05, 4.69) is 26.9 Å². The summed E-state index contributed by atoms with van der Waals surface area (Å²) in [6.45, 7) is 13.2. The summed E-state index contributed by atoms with van der Waals surface area (Å²) in [5, 5.41) is 5.87. The summed E-state index contributed by atoms with van der Waals surface area (Å²) in [5.41, 5.74) is -0.893. The zero-order valence-electron chi connectivity index (χ0n) is 31.3. The maximum absolute atomic E-state index is 14.7. The quantitative estimate of drug-likeness (QED) is 0.261. The molecule has 0 radical (unpaired) electrons. The lowest BCUT2D eigenvalue weighted by molar-refractivity contribution is -0.143. The number of hydrogen-bond donors (Lipinski definition) is 3. The van der Waals surface area contributed by atoms with E-state index in [0.29, 0.717) is 12.8 Å². The predicted octanol–water partition coefficient (Wildman–Crippen LogP) is 4.62. The van der Waals surface area contributed by atoms with Gasteiger partial charge in [-0.15, -0.1) is 17.9 Å². The summed E-state index contributed by atoms with van der Waals surface area (Å²) in [5.74, 6) is -2.51. The minimum absolute atomic E-state index is 0.0239. The Morgan fingerprint density at radius 3 is 2.25 bits per heavy atom. The first-order chi connectivity index (χ1) is 24.9. The fraction of sp³-hybridized carbons (Fsp3) is 0.605. The van der Waals surface area contributed by atoms with Gasteiger partial charge in [-0.2, -0.15) is 0 Å². The average Bonchev–Trinajstić information content (AvgIpc) is 3.95. The Balaban J connectivity index is 1.32. The molecule has 3 aliphatic carbocycles. The maximum atomic E-state index is 14.7. The van der Waals surface area contributed by atoms with Gasteiger partial charge in [-0.1, -0.05) is 51.1 Å². The van der Waals surface area contributed by atoms with Crippen molar-refractivity contribution >= 4 is 45.2 Å². The number of thiazole rings is 1. The van der Waals surface area contributed by atoms with Crippen LogP contribution in [0.1, 0.15) is 88.3 Å². The van der Waals surface area contributed by atoms with Gasteiger partial charge < -0.3 is 25.0 Å². The fourth-order valence-electron chi connectivity index (χ4n) is 7.47. The van der Waals surface area contributed by atoms with Crippen molar-refractivity contribution in [3.8, 4) is 10.6 Å². The van der Waals surface area contributed by atoms with Crippen LogP contribution in [0.3, 0.4) is 0 Å². The van der Waals surface area contributed by atoms with E-state index in [4.69, 9.17) is 9.47 Å². The number of aryl methyl sites for hydroxylation is 2. The molecule has 13 nitrogen and oxygen atoms in total. The smallest absolute Gasteiger partial charge is 0.408 e. The van der Waals surface area contributed by atoms with Crippen LogP contribution in [0, 0.1) is 25.2 Å². The number of nitrogens with zero attached hydrogens (tertiary/aromatic N) is 2. The number of sulfonamides is 1. The number of aromatic nitrogens is 1. The van der Waals surface area contributed by atoms with Crippen molar-refractivity contribution in [1.82, 2.24) is 25.2 Å². The molecule has 2 heterocycles. The van der Waals surface area contributed by atoms with E-state index in [-0.39, 0.29) is 25.5 Å². The molecule has 1 aromatic carbocycles. The number of methoxy groups -OCH3 is 1. The van der Waals surface area contributed by atoms with Gasteiger partial charge in [-0.3, -0.25) is 19.1 Å². The zero-order chi connectivity index (χ0) is 38.5. The summed E-state index contributed by atoms with van der Waals surface area (Å²) < 4.78 is 39.6. The highest BCUT2D eigenvalue weighted by Gasteiger charge is 2.62. The second-order valence-corrected chi connectivity index (χ2v) is 19.2. The number of carbonyl (C=O) groups excluding carboxylic acids is 4. The van der Waals surface area contributed by atoms with Crippen LogP contribution in [0.2, 0.25) is 0 Å². The Labute approximate surface area is 315 Å². The normalized spacial score (nSPS) is 26.5. The first-order valence-electron chi connectivity index (χ1n) is 18.3. The first kappa shape index (κ1) is 38.9. The Morgan fingerprint density at radius 2 is 1.72 bits per heavy atom. The van der Waals surface area contributed by atoms with Crippen LogP contribution < -0.4 is 15.4 Å². The number of rotatable bonds is 12. The number of nitrogens with one attached hydrogen (secondary N) is 3. The first-order valence-corrected chi connectivity index (χ1v) is 20.7. The molecule has 4 fully saturated rings. The molecule has 3 saturated carbocycles. The van der Waals surface area contributed by atoms with E-state index < -0.39 is 73.6 Å². The largest absolute Gasteiger partial charge is 0.446 e. The molecule has 1 saturated heterocycles. The average molecular weight is 770 g/mol. The molecule has 4 amide bonds. The van der Waals surface area contributed by atoms with Crippen LogP contribution in [-0.2, 0) is 39.5 Å². The molecule has 1 aliphatic heterocycles. The molecule has 2 aromatic rings. The SMILES string of the molecule is C=C[C@@H]1C[C@]1(NC(=O)[C@@H]1C[C@@](OC)(c2ccc(-c3nc(C)c(C)s3)cc2)CN1C(=O)[C@@H](NC(=O)OC1CCCC1)C(C)(C)C)C(=O)NS(=O)(=O)C1CC1. The van der Waals surface area contributed by atoms with Gasteiger partial charge in [0.15, 0.2) is 0 Å². The summed E-state index contributed by atoms with van der Waals surface area (Å²) >= 11 is 1.59. The standard InChI is InChI=1S/C38H51N5O8S2/c1-8-25-19-38(25,34(46)42-53(48,49)28-17-18-28)41-31(44)29-20-37(50-7,26-15-13-24(14-16-26)32-39-22(2)23(3)52-32)21-43(29)33(45)30(36(4,5)6)40-35(47)51-27-11-9-10-12-27/h8,13-16,25,27-30H,1,9-12,17-21H2,2-7H3,(H,40,47)(H,41,44)(H,42,46)/t25-,29+,30-,37+,38-/m1/s1. The molecule has 288 valence electrons. The van der Waals surface area contributed by atoms with Crippen molar-refractivity contribution in [3.63, 3.8) is 0 Å². The van der Waals surface area contributed by atoms with Gasteiger partial charge >= 0.3 is 6.09 Å². The number of likely N-dealkylation sites (tertiary alicyclic amines) is 1. The van der Waals surface area contributed by atoms with E-state index >= 15 is 0 Å². The second-order valence-electron chi connectivity index (χ2n) is 16.1. The number of carbonyl (C=O) groups is 4. The Morgan fingerprint density at radius 1 is 1.06 bits per heavy atom. The fourth-order valence-corrected chi connectivity index (χ4v) is 9.75. The second kappa shape index (κ2) is 14.4. The molecule has 4 aliphatic rings. The van der Waals surface area contributed by atoms with Crippen molar-refractivity contribution in [3.05, 3.63) is 53.1 Å². The third kappa shape index (κ3) is 7.88. The molecular formula is C38H51N5O8S2. The van der Waals surface area contributed by atoms with Crippen LogP contribution in [0.4, 0.5) is 4.79 Å².